The Hall–Kier alpha value is -3.54. The van der Waals surface area contributed by atoms with Crippen molar-refractivity contribution in [3.8, 4) is 11.4 Å². The first-order valence-electron chi connectivity index (χ1n) is 8.69. The molecule has 2 aromatic carbocycles. The summed E-state index contributed by atoms with van der Waals surface area (Å²) < 4.78 is 1.70. The fraction of sp³-hybridized carbons (Fsp3) is 0.143. The van der Waals surface area contributed by atoms with E-state index in [9.17, 15) is 4.79 Å². The Morgan fingerprint density at radius 3 is 2.48 bits per heavy atom. The van der Waals surface area contributed by atoms with E-state index in [2.05, 4.69) is 26.4 Å². The number of ketones is 1. The number of fused-ring (bicyclic) bond motifs is 1. The number of aromatic nitrogens is 4. The Morgan fingerprint density at radius 2 is 1.78 bits per heavy atom. The highest BCUT2D eigenvalue weighted by Crippen LogP contribution is 2.22. The molecular formula is C21H19N5O. The number of carbonyl (C=O) groups excluding carboxylic acids is 1. The average Bonchev–Trinajstić information content (AvgIpc) is 3.06. The van der Waals surface area contributed by atoms with E-state index >= 15 is 0 Å². The zero-order valence-corrected chi connectivity index (χ0v) is 15.4. The summed E-state index contributed by atoms with van der Waals surface area (Å²) in [6.07, 6.45) is 0. The minimum atomic E-state index is 0.0442. The smallest absolute Gasteiger partial charge is 0.254 e. The number of nitrogens with one attached hydrogen (secondary N) is 1. The van der Waals surface area contributed by atoms with Gasteiger partial charge in [-0.05, 0) is 51.1 Å². The minimum absolute atomic E-state index is 0.0442. The van der Waals surface area contributed by atoms with E-state index in [4.69, 9.17) is 0 Å². The largest absolute Gasteiger partial charge is 0.340 e. The molecule has 0 bridgehead atoms. The van der Waals surface area contributed by atoms with Crippen molar-refractivity contribution < 1.29 is 4.79 Å². The molecule has 1 N–H and O–H groups in total. The van der Waals surface area contributed by atoms with Gasteiger partial charge < -0.3 is 5.32 Å². The van der Waals surface area contributed by atoms with Crippen LogP contribution in [0, 0.1) is 13.8 Å². The molecule has 134 valence electrons. The lowest BCUT2D eigenvalue weighted by atomic mass is 10.1. The lowest BCUT2D eigenvalue weighted by Gasteiger charge is -2.09. The van der Waals surface area contributed by atoms with Crippen molar-refractivity contribution in [3.05, 3.63) is 71.4 Å². The van der Waals surface area contributed by atoms with Crippen LogP contribution in [-0.2, 0) is 0 Å². The fourth-order valence-electron chi connectivity index (χ4n) is 2.92. The van der Waals surface area contributed by atoms with Crippen LogP contribution in [0.5, 0.6) is 0 Å². The number of Topliss-reactive ketones (excluding diaryl/α,β-unsaturated/α-hetero) is 1. The maximum Gasteiger partial charge on any atom is 0.254 e. The molecule has 0 atom stereocenters. The second-order valence-electron chi connectivity index (χ2n) is 6.56. The predicted octanol–water partition coefficient (Wildman–Crippen LogP) is 4.35. The molecule has 4 aromatic rings. The third kappa shape index (κ3) is 3.42. The van der Waals surface area contributed by atoms with Crippen LogP contribution in [-0.4, -0.2) is 25.4 Å². The highest BCUT2D eigenvalue weighted by Gasteiger charge is 2.12. The van der Waals surface area contributed by atoms with Gasteiger partial charge in [0.1, 0.15) is 5.82 Å². The molecule has 27 heavy (non-hydrogen) atoms. The number of anilines is 2. The van der Waals surface area contributed by atoms with Crippen LogP contribution in [0.3, 0.4) is 0 Å². The van der Waals surface area contributed by atoms with E-state index in [1.54, 1.807) is 23.6 Å². The summed E-state index contributed by atoms with van der Waals surface area (Å²) in [6.45, 7) is 5.52. The molecule has 2 aromatic heterocycles. The zero-order valence-electron chi connectivity index (χ0n) is 15.4. The Kier molecular flexibility index (Phi) is 4.16. The van der Waals surface area contributed by atoms with Gasteiger partial charge in [0.05, 0.1) is 0 Å². The third-order valence-electron chi connectivity index (χ3n) is 4.28. The number of carbonyl (C=O) groups is 1. The Labute approximate surface area is 156 Å². The molecule has 0 fully saturated rings. The van der Waals surface area contributed by atoms with Crippen LogP contribution in [0.15, 0.2) is 54.6 Å². The number of benzene rings is 2. The van der Waals surface area contributed by atoms with Gasteiger partial charge in [0.2, 0.25) is 0 Å². The molecule has 0 radical (unpaired) electrons. The summed E-state index contributed by atoms with van der Waals surface area (Å²) in [5.74, 6) is 1.98. The molecule has 0 amide bonds. The summed E-state index contributed by atoms with van der Waals surface area (Å²) >= 11 is 0. The first-order valence-corrected chi connectivity index (χ1v) is 8.69. The molecule has 0 aliphatic carbocycles. The van der Waals surface area contributed by atoms with Crippen LogP contribution in [0.1, 0.15) is 28.5 Å². The molecule has 0 spiro atoms. The lowest BCUT2D eigenvalue weighted by molar-refractivity contribution is 0.101. The number of nitrogens with zero attached hydrogens (tertiary/aromatic N) is 4. The standard InChI is InChI=1S/C21H19N5O/c1-13-5-4-6-17(11-13)20-24-21-22-14(2)12-19(26(21)25-20)23-18-9-7-16(8-10-18)15(3)27/h4-12,23H,1-3H3. The van der Waals surface area contributed by atoms with Crippen LogP contribution in [0.4, 0.5) is 11.5 Å². The highest BCUT2D eigenvalue weighted by molar-refractivity contribution is 5.94. The number of hydrogen-bond acceptors (Lipinski definition) is 5. The van der Waals surface area contributed by atoms with Crippen molar-refractivity contribution in [2.75, 3.05) is 5.32 Å². The molecule has 4 rings (SSSR count). The zero-order chi connectivity index (χ0) is 19.0. The summed E-state index contributed by atoms with van der Waals surface area (Å²) in [4.78, 5) is 20.5. The second-order valence-corrected chi connectivity index (χ2v) is 6.56. The van der Waals surface area contributed by atoms with Crippen LogP contribution < -0.4 is 5.32 Å². The third-order valence-corrected chi connectivity index (χ3v) is 4.28. The van der Waals surface area contributed by atoms with Gasteiger partial charge in [0.15, 0.2) is 11.6 Å². The topological polar surface area (TPSA) is 72.2 Å². The average molecular weight is 357 g/mol. The van der Waals surface area contributed by atoms with Gasteiger partial charge in [-0.2, -0.15) is 9.50 Å². The van der Waals surface area contributed by atoms with Gasteiger partial charge in [0, 0.05) is 28.6 Å². The van der Waals surface area contributed by atoms with Crippen LogP contribution >= 0.6 is 0 Å². The maximum absolute atomic E-state index is 11.4. The SMILES string of the molecule is CC(=O)c1ccc(Nc2cc(C)nc3nc(-c4cccc(C)c4)nn23)cc1. The first kappa shape index (κ1) is 16.9. The minimum Gasteiger partial charge on any atom is -0.340 e. The van der Waals surface area contributed by atoms with E-state index in [1.807, 2.05) is 50.2 Å². The van der Waals surface area contributed by atoms with Crippen LogP contribution in [0.25, 0.3) is 17.2 Å². The summed E-state index contributed by atoms with van der Waals surface area (Å²) in [5, 5.41) is 7.97. The van der Waals surface area contributed by atoms with Crippen LogP contribution in [0.2, 0.25) is 0 Å². The summed E-state index contributed by atoms with van der Waals surface area (Å²) in [7, 11) is 0. The highest BCUT2D eigenvalue weighted by atomic mass is 16.1. The molecule has 6 nitrogen and oxygen atoms in total. The van der Waals surface area contributed by atoms with Gasteiger partial charge in [-0.25, -0.2) is 4.98 Å². The molecule has 0 unspecified atom stereocenters. The second kappa shape index (κ2) is 6.64. The lowest BCUT2D eigenvalue weighted by Crippen LogP contribution is -2.03. The molecule has 0 saturated heterocycles. The van der Waals surface area contributed by atoms with Crippen molar-refractivity contribution in [1.29, 1.82) is 0 Å². The summed E-state index contributed by atoms with van der Waals surface area (Å²) in [5.41, 5.74) is 4.49. The van der Waals surface area contributed by atoms with E-state index < -0.39 is 0 Å². The van der Waals surface area contributed by atoms with E-state index in [0.717, 1.165) is 28.3 Å². The van der Waals surface area contributed by atoms with Gasteiger partial charge >= 0.3 is 0 Å². The van der Waals surface area contributed by atoms with E-state index in [0.29, 0.717) is 17.2 Å². The predicted molar refractivity (Wildman–Crippen MR) is 105 cm³/mol. The maximum atomic E-state index is 11.4. The quantitative estimate of drug-likeness (QED) is 0.550. The van der Waals surface area contributed by atoms with Gasteiger partial charge in [0.25, 0.3) is 5.78 Å². The van der Waals surface area contributed by atoms with Crippen molar-refractivity contribution in [2.24, 2.45) is 0 Å². The molecular weight excluding hydrogens is 338 g/mol. The Balaban J connectivity index is 1.75. The van der Waals surface area contributed by atoms with Crippen molar-refractivity contribution in [1.82, 2.24) is 19.6 Å². The molecule has 0 aliphatic rings. The van der Waals surface area contributed by atoms with Gasteiger partial charge in [-0.1, -0.05) is 23.8 Å². The number of hydrogen-bond donors (Lipinski definition) is 1. The number of rotatable bonds is 4. The molecule has 2 heterocycles. The molecule has 0 aliphatic heterocycles. The van der Waals surface area contributed by atoms with E-state index in [-0.39, 0.29) is 5.78 Å². The summed E-state index contributed by atoms with van der Waals surface area (Å²) in [6, 6.07) is 17.3. The molecule has 0 saturated carbocycles. The fourth-order valence-corrected chi connectivity index (χ4v) is 2.92. The van der Waals surface area contributed by atoms with Crippen molar-refractivity contribution in [3.63, 3.8) is 0 Å². The van der Waals surface area contributed by atoms with Gasteiger partial charge in [-0.3, -0.25) is 4.79 Å². The normalized spacial score (nSPS) is 10.9. The monoisotopic (exact) mass is 357 g/mol. The Morgan fingerprint density at radius 1 is 1.00 bits per heavy atom. The number of aryl methyl sites for hydroxylation is 2. The molecule has 6 heteroatoms. The van der Waals surface area contributed by atoms with E-state index in [1.165, 1.54) is 0 Å². The van der Waals surface area contributed by atoms with Crippen molar-refractivity contribution >= 4 is 23.1 Å². The van der Waals surface area contributed by atoms with Gasteiger partial charge in [-0.15, -0.1) is 5.10 Å². The first-order chi connectivity index (χ1) is 13.0. The Bertz CT molecular complexity index is 1150. The van der Waals surface area contributed by atoms with Crippen molar-refractivity contribution in [2.45, 2.75) is 20.8 Å².